The summed E-state index contributed by atoms with van der Waals surface area (Å²) in [4.78, 5) is 24.4. The molecule has 122 valence electrons. The number of aromatic nitrogens is 2. The summed E-state index contributed by atoms with van der Waals surface area (Å²) in [6.45, 7) is 0.556. The van der Waals surface area contributed by atoms with Gasteiger partial charge >= 0.3 is 0 Å². The lowest BCUT2D eigenvalue weighted by atomic mass is 10.2. The molecule has 3 heterocycles. The van der Waals surface area contributed by atoms with Crippen molar-refractivity contribution >= 4 is 17.2 Å². The zero-order chi connectivity index (χ0) is 16.4. The lowest BCUT2D eigenvalue weighted by Crippen LogP contribution is -2.34. The van der Waals surface area contributed by atoms with E-state index in [0.29, 0.717) is 24.2 Å². The second-order valence-corrected chi connectivity index (χ2v) is 6.82. The number of oxazole rings is 1. The minimum Gasteiger partial charge on any atom is -0.444 e. The van der Waals surface area contributed by atoms with Gasteiger partial charge in [0.25, 0.3) is 0 Å². The molecule has 3 aromatic rings. The van der Waals surface area contributed by atoms with E-state index in [2.05, 4.69) is 9.97 Å². The maximum Gasteiger partial charge on any atom is 0.236 e. The van der Waals surface area contributed by atoms with Gasteiger partial charge in [-0.15, -0.1) is 11.3 Å². The third kappa shape index (κ3) is 3.38. The molecule has 0 saturated heterocycles. The van der Waals surface area contributed by atoms with Crippen molar-refractivity contribution in [2.24, 2.45) is 0 Å². The molecule has 3 aromatic heterocycles. The highest BCUT2D eigenvalue weighted by molar-refractivity contribution is 7.13. The summed E-state index contributed by atoms with van der Waals surface area (Å²) in [6.07, 6.45) is 5.74. The van der Waals surface area contributed by atoms with Crippen molar-refractivity contribution < 1.29 is 9.21 Å². The number of carbonyl (C=O) groups is 1. The number of hydrogen-bond acceptors (Lipinski definition) is 5. The van der Waals surface area contributed by atoms with E-state index in [4.69, 9.17) is 4.42 Å². The van der Waals surface area contributed by atoms with Gasteiger partial charge in [-0.05, 0) is 36.4 Å². The molecule has 4 rings (SSSR count). The van der Waals surface area contributed by atoms with Crippen molar-refractivity contribution in [2.45, 2.75) is 31.8 Å². The van der Waals surface area contributed by atoms with Gasteiger partial charge in [0.2, 0.25) is 11.8 Å². The number of pyridine rings is 1. The fourth-order valence-electron chi connectivity index (χ4n) is 2.63. The van der Waals surface area contributed by atoms with Gasteiger partial charge < -0.3 is 9.32 Å². The maximum atomic E-state index is 12.7. The van der Waals surface area contributed by atoms with E-state index in [9.17, 15) is 4.79 Å². The predicted octanol–water partition coefficient (Wildman–Crippen LogP) is 3.53. The second kappa shape index (κ2) is 6.57. The average molecular weight is 339 g/mol. The van der Waals surface area contributed by atoms with Crippen LogP contribution in [0.25, 0.3) is 10.8 Å². The second-order valence-electron chi connectivity index (χ2n) is 5.87. The Balaban J connectivity index is 1.45. The molecule has 5 nitrogen and oxygen atoms in total. The number of hydrogen-bond donors (Lipinski definition) is 0. The Morgan fingerprint density at radius 1 is 1.25 bits per heavy atom. The number of thiophene rings is 1. The lowest BCUT2D eigenvalue weighted by molar-refractivity contribution is -0.131. The summed E-state index contributed by atoms with van der Waals surface area (Å²) < 4.78 is 5.50. The first-order chi connectivity index (χ1) is 11.8. The molecule has 0 aromatic carbocycles. The SMILES string of the molecule is O=C(Cc1coc(-c2cccs2)n1)N(Cc1ccccn1)C1CC1. The normalized spacial score (nSPS) is 13.8. The van der Waals surface area contributed by atoms with Gasteiger partial charge in [0.1, 0.15) is 6.26 Å². The van der Waals surface area contributed by atoms with Crippen molar-refractivity contribution in [1.82, 2.24) is 14.9 Å². The predicted molar refractivity (Wildman–Crippen MR) is 91.3 cm³/mol. The number of amides is 1. The molecule has 1 fully saturated rings. The van der Waals surface area contributed by atoms with Crippen LogP contribution in [0.5, 0.6) is 0 Å². The summed E-state index contributed by atoms with van der Waals surface area (Å²) in [5.41, 5.74) is 1.59. The Bertz CT molecular complexity index is 810. The molecule has 24 heavy (non-hydrogen) atoms. The summed E-state index contributed by atoms with van der Waals surface area (Å²) in [7, 11) is 0. The fourth-order valence-corrected chi connectivity index (χ4v) is 3.29. The van der Waals surface area contributed by atoms with E-state index >= 15 is 0 Å². The van der Waals surface area contributed by atoms with Crippen LogP contribution in [0, 0.1) is 0 Å². The summed E-state index contributed by atoms with van der Waals surface area (Å²) in [5, 5.41) is 1.98. The first-order valence-electron chi connectivity index (χ1n) is 7.97. The quantitative estimate of drug-likeness (QED) is 0.689. The first kappa shape index (κ1) is 15.1. The van der Waals surface area contributed by atoms with Gasteiger partial charge in [0, 0.05) is 12.2 Å². The molecular formula is C18H17N3O2S. The Hall–Kier alpha value is -2.47. The molecule has 0 N–H and O–H groups in total. The van der Waals surface area contributed by atoms with Gasteiger partial charge in [-0.2, -0.15) is 0 Å². The minimum absolute atomic E-state index is 0.0779. The van der Waals surface area contributed by atoms with Crippen molar-refractivity contribution in [2.75, 3.05) is 0 Å². The van der Waals surface area contributed by atoms with Gasteiger partial charge in [0.15, 0.2) is 0 Å². The lowest BCUT2D eigenvalue weighted by Gasteiger charge is -2.21. The van der Waals surface area contributed by atoms with Crippen molar-refractivity contribution in [3.05, 3.63) is 59.6 Å². The van der Waals surface area contributed by atoms with Gasteiger partial charge in [-0.1, -0.05) is 12.1 Å². The molecule has 1 saturated carbocycles. The highest BCUT2D eigenvalue weighted by Crippen LogP contribution is 2.29. The maximum absolute atomic E-state index is 12.7. The third-order valence-electron chi connectivity index (χ3n) is 3.98. The van der Waals surface area contributed by atoms with Crippen LogP contribution < -0.4 is 0 Å². The van der Waals surface area contributed by atoms with Crippen molar-refractivity contribution in [3.63, 3.8) is 0 Å². The minimum atomic E-state index is 0.0779. The fraction of sp³-hybridized carbons (Fsp3) is 0.278. The standard InChI is InChI=1S/C18H17N3O2S/c22-17(10-14-12-23-18(20-14)16-5-3-9-24-16)21(15-6-7-15)11-13-4-1-2-8-19-13/h1-5,8-9,12,15H,6-7,10-11H2. The molecule has 0 bridgehead atoms. The van der Waals surface area contributed by atoms with E-state index in [1.807, 2.05) is 40.6 Å². The molecule has 0 unspecified atom stereocenters. The van der Waals surface area contributed by atoms with Crippen LogP contribution in [-0.4, -0.2) is 26.8 Å². The van der Waals surface area contributed by atoms with E-state index in [-0.39, 0.29) is 12.3 Å². The van der Waals surface area contributed by atoms with E-state index in [1.165, 1.54) is 0 Å². The molecule has 0 spiro atoms. The number of nitrogens with zero attached hydrogens (tertiary/aromatic N) is 3. The van der Waals surface area contributed by atoms with Crippen molar-refractivity contribution in [3.8, 4) is 10.8 Å². The largest absolute Gasteiger partial charge is 0.444 e. The molecule has 0 atom stereocenters. The Morgan fingerprint density at radius 2 is 2.17 bits per heavy atom. The molecule has 0 aliphatic heterocycles. The zero-order valence-electron chi connectivity index (χ0n) is 13.1. The van der Waals surface area contributed by atoms with Crippen LogP contribution in [-0.2, 0) is 17.8 Å². The average Bonchev–Trinajstić information content (AvgIpc) is 3.09. The van der Waals surface area contributed by atoms with Gasteiger partial charge in [-0.3, -0.25) is 9.78 Å². The Kier molecular flexibility index (Phi) is 4.13. The molecule has 0 radical (unpaired) electrons. The molecule has 1 aliphatic carbocycles. The summed E-state index contributed by atoms with van der Waals surface area (Å²) in [6, 6.07) is 10.0. The summed E-state index contributed by atoms with van der Waals surface area (Å²) >= 11 is 1.57. The summed E-state index contributed by atoms with van der Waals surface area (Å²) in [5.74, 6) is 0.657. The Morgan fingerprint density at radius 3 is 2.88 bits per heavy atom. The number of carbonyl (C=O) groups excluding carboxylic acids is 1. The van der Waals surface area contributed by atoms with Gasteiger partial charge in [-0.25, -0.2) is 4.98 Å². The highest BCUT2D eigenvalue weighted by atomic mass is 32.1. The molecular weight excluding hydrogens is 322 g/mol. The molecule has 1 aliphatic rings. The van der Waals surface area contributed by atoms with Crippen LogP contribution in [0.1, 0.15) is 24.2 Å². The first-order valence-corrected chi connectivity index (χ1v) is 8.85. The van der Waals surface area contributed by atoms with Crippen LogP contribution in [0.15, 0.2) is 52.6 Å². The topological polar surface area (TPSA) is 59.2 Å². The van der Waals surface area contributed by atoms with Crippen LogP contribution >= 0.6 is 11.3 Å². The van der Waals surface area contributed by atoms with Gasteiger partial charge in [0.05, 0.1) is 29.2 Å². The smallest absolute Gasteiger partial charge is 0.236 e. The van der Waals surface area contributed by atoms with Crippen LogP contribution in [0.3, 0.4) is 0 Å². The van der Waals surface area contributed by atoms with Crippen LogP contribution in [0.4, 0.5) is 0 Å². The molecule has 1 amide bonds. The zero-order valence-corrected chi connectivity index (χ0v) is 13.9. The van der Waals surface area contributed by atoms with Crippen LogP contribution in [0.2, 0.25) is 0 Å². The third-order valence-corrected chi connectivity index (χ3v) is 4.84. The molecule has 6 heteroatoms. The highest BCUT2D eigenvalue weighted by Gasteiger charge is 2.33. The van der Waals surface area contributed by atoms with E-state index in [1.54, 1.807) is 23.8 Å². The number of rotatable bonds is 6. The Labute approximate surface area is 144 Å². The van der Waals surface area contributed by atoms with Crippen molar-refractivity contribution in [1.29, 1.82) is 0 Å². The monoisotopic (exact) mass is 339 g/mol. The van der Waals surface area contributed by atoms with E-state index in [0.717, 1.165) is 23.4 Å². The van der Waals surface area contributed by atoms with E-state index < -0.39 is 0 Å².